The van der Waals surface area contributed by atoms with Gasteiger partial charge < -0.3 is 15.3 Å². The fourth-order valence-electron chi connectivity index (χ4n) is 3.09. The second-order valence-corrected chi connectivity index (χ2v) is 7.06. The number of nitrogens with zero attached hydrogens (tertiary/aromatic N) is 2. The van der Waals surface area contributed by atoms with Crippen LogP contribution in [0.25, 0.3) is 0 Å². The van der Waals surface area contributed by atoms with E-state index in [2.05, 4.69) is 15.1 Å². The predicted octanol–water partition coefficient (Wildman–Crippen LogP) is 3.85. The molecule has 7 heteroatoms. The van der Waals surface area contributed by atoms with E-state index in [1.54, 1.807) is 24.3 Å². The van der Waals surface area contributed by atoms with E-state index in [9.17, 15) is 9.90 Å². The van der Waals surface area contributed by atoms with E-state index >= 15 is 0 Å². The van der Waals surface area contributed by atoms with Crippen LogP contribution >= 0.6 is 23.2 Å². The third-order valence-corrected chi connectivity index (χ3v) is 5.49. The molecule has 1 amide bonds. The number of rotatable bonds is 4. The number of benzene rings is 2. The van der Waals surface area contributed by atoms with E-state index in [1.165, 1.54) is 0 Å². The minimum absolute atomic E-state index is 0.120. The molecule has 1 atom stereocenters. The maximum atomic E-state index is 12.6. The lowest BCUT2D eigenvalue weighted by atomic mass is 10.2. The molecule has 0 aromatic heterocycles. The third kappa shape index (κ3) is 4.06. The third-order valence-electron chi connectivity index (χ3n) is 4.67. The highest BCUT2D eigenvalue weighted by molar-refractivity contribution is 6.44. The first kappa shape index (κ1) is 18.8. The SMILES string of the molecule is C[C@H](C(=O)Nc1cccc(Cl)c1Cl)N1CCN(c2ccccc2O)CC1. The lowest BCUT2D eigenvalue weighted by molar-refractivity contribution is -0.120. The molecule has 0 saturated carbocycles. The second kappa shape index (κ2) is 8.16. The molecule has 0 bridgehead atoms. The fourth-order valence-corrected chi connectivity index (χ4v) is 3.43. The highest BCUT2D eigenvalue weighted by Gasteiger charge is 2.26. The van der Waals surface area contributed by atoms with Crippen LogP contribution in [0.4, 0.5) is 11.4 Å². The van der Waals surface area contributed by atoms with E-state index in [1.807, 2.05) is 25.1 Å². The van der Waals surface area contributed by atoms with Crippen LogP contribution in [0.15, 0.2) is 42.5 Å². The molecule has 1 heterocycles. The van der Waals surface area contributed by atoms with Crippen LogP contribution in [0, 0.1) is 0 Å². The van der Waals surface area contributed by atoms with Gasteiger partial charge in [0.15, 0.2) is 0 Å². The average molecular weight is 394 g/mol. The van der Waals surface area contributed by atoms with Gasteiger partial charge in [0.2, 0.25) is 5.91 Å². The van der Waals surface area contributed by atoms with Crippen molar-refractivity contribution in [2.75, 3.05) is 36.4 Å². The number of nitrogens with one attached hydrogen (secondary N) is 1. The van der Waals surface area contributed by atoms with Gasteiger partial charge in [0, 0.05) is 26.2 Å². The number of aromatic hydroxyl groups is 1. The van der Waals surface area contributed by atoms with Crippen molar-refractivity contribution in [2.45, 2.75) is 13.0 Å². The molecule has 0 spiro atoms. The zero-order chi connectivity index (χ0) is 18.7. The number of hydrogen-bond acceptors (Lipinski definition) is 4. The molecule has 1 aliphatic rings. The Morgan fingerprint density at radius 2 is 1.77 bits per heavy atom. The molecule has 1 saturated heterocycles. The Bertz CT molecular complexity index is 792. The quantitative estimate of drug-likeness (QED) is 0.827. The number of carbonyl (C=O) groups excluding carboxylic acids is 1. The van der Waals surface area contributed by atoms with Gasteiger partial charge in [-0.25, -0.2) is 0 Å². The van der Waals surface area contributed by atoms with Crippen molar-refractivity contribution in [3.8, 4) is 5.75 Å². The Hall–Kier alpha value is -1.95. The Morgan fingerprint density at radius 3 is 2.46 bits per heavy atom. The minimum Gasteiger partial charge on any atom is -0.506 e. The summed E-state index contributed by atoms with van der Waals surface area (Å²) in [5.74, 6) is 0.160. The summed E-state index contributed by atoms with van der Waals surface area (Å²) in [7, 11) is 0. The van der Waals surface area contributed by atoms with Gasteiger partial charge in [0.1, 0.15) is 5.75 Å². The highest BCUT2D eigenvalue weighted by atomic mass is 35.5. The number of para-hydroxylation sites is 2. The van der Waals surface area contributed by atoms with Gasteiger partial charge in [-0.05, 0) is 31.2 Å². The van der Waals surface area contributed by atoms with Crippen LogP contribution in [0.3, 0.4) is 0 Å². The van der Waals surface area contributed by atoms with Gasteiger partial charge in [-0.1, -0.05) is 41.4 Å². The van der Waals surface area contributed by atoms with Crippen molar-refractivity contribution in [3.63, 3.8) is 0 Å². The summed E-state index contributed by atoms with van der Waals surface area (Å²) >= 11 is 12.1. The van der Waals surface area contributed by atoms with E-state index < -0.39 is 0 Å². The normalized spacial score (nSPS) is 16.3. The molecule has 2 aromatic rings. The van der Waals surface area contributed by atoms with Gasteiger partial charge in [-0.15, -0.1) is 0 Å². The summed E-state index contributed by atoms with van der Waals surface area (Å²) < 4.78 is 0. The number of carbonyl (C=O) groups is 1. The number of phenolic OH excluding ortho intramolecular Hbond substituents is 1. The van der Waals surface area contributed by atoms with E-state index in [0.29, 0.717) is 15.7 Å². The summed E-state index contributed by atoms with van der Waals surface area (Å²) in [6.07, 6.45) is 0. The second-order valence-electron chi connectivity index (χ2n) is 6.28. The molecule has 0 aliphatic carbocycles. The predicted molar refractivity (Wildman–Crippen MR) is 106 cm³/mol. The van der Waals surface area contributed by atoms with Gasteiger partial charge in [0.25, 0.3) is 0 Å². The molecule has 0 unspecified atom stereocenters. The highest BCUT2D eigenvalue weighted by Crippen LogP contribution is 2.30. The summed E-state index contributed by atoms with van der Waals surface area (Å²) in [5, 5.41) is 13.6. The smallest absolute Gasteiger partial charge is 0.241 e. The topological polar surface area (TPSA) is 55.8 Å². The number of amides is 1. The molecular weight excluding hydrogens is 373 g/mol. The first-order chi connectivity index (χ1) is 12.5. The first-order valence-corrected chi connectivity index (χ1v) is 9.25. The molecule has 0 radical (unpaired) electrons. The van der Waals surface area contributed by atoms with E-state index in [4.69, 9.17) is 23.2 Å². The Kier molecular flexibility index (Phi) is 5.91. The molecule has 1 fully saturated rings. The van der Waals surface area contributed by atoms with Gasteiger partial charge in [-0.2, -0.15) is 0 Å². The monoisotopic (exact) mass is 393 g/mol. The maximum absolute atomic E-state index is 12.6. The Balaban J connectivity index is 1.59. The summed E-state index contributed by atoms with van der Waals surface area (Å²) in [6.45, 7) is 4.82. The van der Waals surface area contributed by atoms with Gasteiger partial charge in [-0.3, -0.25) is 9.69 Å². The van der Waals surface area contributed by atoms with Crippen LogP contribution in [0.1, 0.15) is 6.92 Å². The van der Waals surface area contributed by atoms with Crippen LogP contribution in [-0.4, -0.2) is 48.1 Å². The van der Waals surface area contributed by atoms with E-state index in [0.717, 1.165) is 31.9 Å². The minimum atomic E-state index is -0.295. The van der Waals surface area contributed by atoms with Gasteiger partial charge >= 0.3 is 0 Å². The summed E-state index contributed by atoms with van der Waals surface area (Å²) in [4.78, 5) is 16.8. The average Bonchev–Trinajstić information content (AvgIpc) is 2.65. The number of anilines is 2. The van der Waals surface area contributed by atoms with Crippen molar-refractivity contribution < 1.29 is 9.90 Å². The van der Waals surface area contributed by atoms with E-state index in [-0.39, 0.29) is 17.7 Å². The molecule has 26 heavy (non-hydrogen) atoms. The van der Waals surface area contributed by atoms with Crippen molar-refractivity contribution in [1.82, 2.24) is 4.90 Å². The first-order valence-electron chi connectivity index (χ1n) is 8.49. The molecule has 3 rings (SSSR count). The Morgan fingerprint density at radius 1 is 1.08 bits per heavy atom. The summed E-state index contributed by atoms with van der Waals surface area (Å²) in [5.41, 5.74) is 1.35. The van der Waals surface area contributed by atoms with Crippen LogP contribution in [-0.2, 0) is 4.79 Å². The zero-order valence-corrected chi connectivity index (χ0v) is 16.0. The van der Waals surface area contributed by atoms with Crippen LogP contribution in [0.2, 0.25) is 10.0 Å². The zero-order valence-electron chi connectivity index (χ0n) is 14.5. The Labute approximate surface area is 163 Å². The van der Waals surface area contributed by atoms with Crippen molar-refractivity contribution in [1.29, 1.82) is 0 Å². The molecule has 138 valence electrons. The lowest BCUT2D eigenvalue weighted by Crippen LogP contribution is -2.52. The number of halogens is 2. The van der Waals surface area contributed by atoms with Crippen molar-refractivity contribution in [2.24, 2.45) is 0 Å². The number of hydrogen-bond donors (Lipinski definition) is 2. The standard InChI is InChI=1S/C19H21Cl2N3O2/c1-13(19(26)22-15-6-4-5-14(20)18(15)21)23-9-11-24(12-10-23)16-7-2-3-8-17(16)25/h2-8,13,25H,9-12H2,1H3,(H,22,26)/t13-/m1/s1. The molecular formula is C19H21Cl2N3O2. The van der Waals surface area contributed by atoms with Crippen LogP contribution in [0.5, 0.6) is 5.75 Å². The molecule has 2 aromatic carbocycles. The van der Waals surface area contributed by atoms with Crippen molar-refractivity contribution in [3.05, 3.63) is 52.5 Å². The lowest BCUT2D eigenvalue weighted by Gasteiger charge is -2.38. The molecule has 2 N–H and O–H groups in total. The summed E-state index contributed by atoms with van der Waals surface area (Å²) in [6, 6.07) is 12.2. The maximum Gasteiger partial charge on any atom is 0.241 e. The number of piperazine rings is 1. The number of phenols is 1. The van der Waals surface area contributed by atoms with Gasteiger partial charge in [0.05, 0.1) is 27.5 Å². The fraction of sp³-hybridized carbons (Fsp3) is 0.316. The van der Waals surface area contributed by atoms with Crippen LogP contribution < -0.4 is 10.2 Å². The molecule has 1 aliphatic heterocycles. The molecule has 5 nitrogen and oxygen atoms in total. The van der Waals surface area contributed by atoms with Crippen molar-refractivity contribution >= 4 is 40.5 Å². The largest absolute Gasteiger partial charge is 0.506 e.